The molecule has 1 fully saturated rings. The monoisotopic (exact) mass is 417 g/mol. The van der Waals surface area contributed by atoms with Crippen LogP contribution in [0.15, 0.2) is 28.3 Å². The second-order valence-corrected chi connectivity index (χ2v) is 8.24. The molecule has 0 saturated carbocycles. The van der Waals surface area contributed by atoms with Gasteiger partial charge in [0.2, 0.25) is 5.91 Å². The zero-order chi connectivity index (χ0) is 18.7. The number of amidine groups is 1. The molecule has 1 atom stereocenters. The van der Waals surface area contributed by atoms with Gasteiger partial charge in [-0.25, -0.2) is 8.42 Å². The summed E-state index contributed by atoms with van der Waals surface area (Å²) in [5.41, 5.74) is 5.65. The number of nitrogens with two attached hydrogens (primary N) is 1. The number of carbonyl (C=O) groups is 2. The SMILES string of the molecule is Cl.NCCNC(=O)C1CCCN(C(=O)C2=CC=CN3CCS(=O)(=O)N=C23)C1. The van der Waals surface area contributed by atoms with Crippen molar-refractivity contribution in [3.8, 4) is 0 Å². The summed E-state index contributed by atoms with van der Waals surface area (Å²) in [5, 5.41) is 2.76. The molecule has 0 aliphatic carbocycles. The van der Waals surface area contributed by atoms with Crippen LogP contribution in [-0.4, -0.2) is 74.3 Å². The second kappa shape index (κ2) is 8.85. The lowest BCUT2D eigenvalue weighted by Crippen LogP contribution is -2.49. The highest BCUT2D eigenvalue weighted by Crippen LogP contribution is 2.23. The lowest BCUT2D eigenvalue weighted by atomic mass is 9.96. The van der Waals surface area contributed by atoms with Gasteiger partial charge >= 0.3 is 0 Å². The molecule has 0 spiro atoms. The number of sulfonamides is 1. The molecule has 2 amide bonds. The first-order valence-electron chi connectivity index (χ1n) is 8.66. The predicted octanol–water partition coefficient (Wildman–Crippen LogP) is -0.781. The molecule has 0 bridgehead atoms. The average Bonchev–Trinajstić information content (AvgIpc) is 2.64. The van der Waals surface area contributed by atoms with Crippen LogP contribution in [0.4, 0.5) is 0 Å². The normalized spacial score (nSPS) is 23.5. The van der Waals surface area contributed by atoms with Crippen LogP contribution < -0.4 is 11.1 Å². The van der Waals surface area contributed by atoms with Gasteiger partial charge < -0.3 is 20.9 Å². The van der Waals surface area contributed by atoms with E-state index in [0.717, 1.165) is 0 Å². The Labute approximate surface area is 164 Å². The molecule has 1 unspecified atom stereocenters. The molecule has 3 rings (SSSR count). The van der Waals surface area contributed by atoms with Crippen LogP contribution in [0.2, 0.25) is 0 Å². The third kappa shape index (κ3) is 4.88. The summed E-state index contributed by atoms with van der Waals surface area (Å²) in [5.74, 6) is -0.600. The molecular weight excluding hydrogens is 394 g/mol. The van der Waals surface area contributed by atoms with Gasteiger partial charge in [-0.15, -0.1) is 16.8 Å². The van der Waals surface area contributed by atoms with Gasteiger partial charge in [0.05, 0.1) is 17.2 Å². The Morgan fingerprint density at radius 3 is 2.85 bits per heavy atom. The summed E-state index contributed by atoms with van der Waals surface area (Å²) in [6, 6.07) is 0. The smallest absolute Gasteiger partial charge is 0.257 e. The molecule has 0 aromatic heterocycles. The van der Waals surface area contributed by atoms with Crippen molar-refractivity contribution in [2.24, 2.45) is 16.0 Å². The fourth-order valence-electron chi connectivity index (χ4n) is 3.27. The summed E-state index contributed by atoms with van der Waals surface area (Å²) in [6.07, 6.45) is 6.42. The summed E-state index contributed by atoms with van der Waals surface area (Å²) in [4.78, 5) is 28.4. The van der Waals surface area contributed by atoms with Gasteiger partial charge in [-0.2, -0.15) is 0 Å². The number of likely N-dealkylation sites (tertiary alicyclic amines) is 1. The number of hydrogen-bond acceptors (Lipinski definition) is 6. The number of piperidine rings is 1. The second-order valence-electron chi connectivity index (χ2n) is 6.49. The molecule has 27 heavy (non-hydrogen) atoms. The van der Waals surface area contributed by atoms with Gasteiger partial charge in [-0.05, 0) is 25.0 Å². The van der Waals surface area contributed by atoms with E-state index in [1.54, 1.807) is 28.2 Å². The van der Waals surface area contributed by atoms with E-state index in [0.29, 0.717) is 39.0 Å². The van der Waals surface area contributed by atoms with E-state index in [9.17, 15) is 18.0 Å². The third-order valence-corrected chi connectivity index (χ3v) is 5.76. The van der Waals surface area contributed by atoms with E-state index >= 15 is 0 Å². The van der Waals surface area contributed by atoms with Crippen LogP contribution in [0, 0.1) is 5.92 Å². The minimum Gasteiger partial charge on any atom is -0.355 e. The van der Waals surface area contributed by atoms with Crippen LogP contribution in [0.5, 0.6) is 0 Å². The molecule has 0 radical (unpaired) electrons. The maximum absolute atomic E-state index is 13.0. The number of hydrogen-bond donors (Lipinski definition) is 2. The van der Waals surface area contributed by atoms with Crippen molar-refractivity contribution < 1.29 is 18.0 Å². The van der Waals surface area contributed by atoms with Crippen molar-refractivity contribution in [2.45, 2.75) is 12.8 Å². The lowest BCUT2D eigenvalue weighted by Gasteiger charge is -2.35. The fourth-order valence-corrected chi connectivity index (χ4v) is 4.25. The Bertz CT molecular complexity index is 793. The highest BCUT2D eigenvalue weighted by atomic mass is 35.5. The number of carbonyl (C=O) groups excluding carboxylic acids is 2. The molecular formula is C16H24ClN5O4S. The Morgan fingerprint density at radius 1 is 1.33 bits per heavy atom. The van der Waals surface area contributed by atoms with E-state index in [2.05, 4.69) is 9.71 Å². The maximum atomic E-state index is 13.0. The number of nitrogens with one attached hydrogen (secondary N) is 1. The highest BCUT2D eigenvalue weighted by molar-refractivity contribution is 7.90. The molecule has 3 heterocycles. The largest absolute Gasteiger partial charge is 0.355 e. The predicted molar refractivity (Wildman–Crippen MR) is 104 cm³/mol. The third-order valence-electron chi connectivity index (χ3n) is 4.61. The zero-order valence-electron chi connectivity index (χ0n) is 14.8. The minimum atomic E-state index is -3.56. The van der Waals surface area contributed by atoms with Crippen molar-refractivity contribution in [3.63, 3.8) is 0 Å². The van der Waals surface area contributed by atoms with Gasteiger partial charge in [-0.1, -0.05) is 0 Å². The number of nitrogens with zero attached hydrogens (tertiary/aromatic N) is 3. The molecule has 150 valence electrons. The number of rotatable bonds is 4. The standard InChI is InChI=1S/C16H23N5O4S.ClH/c17-5-6-18-15(22)12-3-1-8-21(11-12)16(23)13-4-2-7-20-9-10-26(24,25)19-14(13)20;/h2,4,7,12H,1,3,5-6,8-11,17H2,(H,18,22);1H. The number of amides is 2. The van der Waals surface area contributed by atoms with Crippen LogP contribution in [-0.2, 0) is 19.6 Å². The zero-order valence-corrected chi connectivity index (χ0v) is 16.5. The lowest BCUT2D eigenvalue weighted by molar-refractivity contribution is -0.132. The van der Waals surface area contributed by atoms with Crippen LogP contribution >= 0.6 is 12.4 Å². The molecule has 3 aliphatic rings. The van der Waals surface area contributed by atoms with Gasteiger partial charge in [0, 0.05) is 38.9 Å². The first kappa shape index (κ1) is 21.4. The molecule has 3 aliphatic heterocycles. The summed E-state index contributed by atoms with van der Waals surface area (Å²) >= 11 is 0. The van der Waals surface area contributed by atoms with E-state index in [-0.39, 0.29) is 53.8 Å². The Balaban J connectivity index is 0.00000261. The molecule has 3 N–H and O–H groups in total. The fraction of sp³-hybridized carbons (Fsp3) is 0.562. The minimum absolute atomic E-state index is 0. The van der Waals surface area contributed by atoms with Gasteiger partial charge in [0.25, 0.3) is 15.9 Å². The van der Waals surface area contributed by atoms with Crippen molar-refractivity contribution in [1.29, 1.82) is 0 Å². The molecule has 9 nitrogen and oxygen atoms in total. The van der Waals surface area contributed by atoms with Crippen molar-refractivity contribution in [3.05, 3.63) is 23.9 Å². The summed E-state index contributed by atoms with van der Waals surface area (Å²) < 4.78 is 27.5. The quantitative estimate of drug-likeness (QED) is 0.618. The molecule has 0 aromatic rings. The Kier molecular flexibility index (Phi) is 7.01. The molecule has 1 saturated heterocycles. The van der Waals surface area contributed by atoms with Crippen molar-refractivity contribution in [2.75, 3.05) is 38.5 Å². The van der Waals surface area contributed by atoms with Crippen molar-refractivity contribution in [1.82, 2.24) is 15.1 Å². The van der Waals surface area contributed by atoms with Crippen LogP contribution in [0.3, 0.4) is 0 Å². The first-order valence-corrected chi connectivity index (χ1v) is 10.3. The van der Waals surface area contributed by atoms with Gasteiger partial charge in [-0.3, -0.25) is 9.59 Å². The number of halogens is 1. The van der Waals surface area contributed by atoms with E-state index in [1.165, 1.54) is 0 Å². The number of fused-ring (bicyclic) bond motifs is 1. The van der Waals surface area contributed by atoms with Crippen LogP contribution in [0.1, 0.15) is 12.8 Å². The van der Waals surface area contributed by atoms with Crippen molar-refractivity contribution >= 4 is 40.1 Å². The average molecular weight is 418 g/mol. The molecule has 0 aromatic carbocycles. The topological polar surface area (TPSA) is 125 Å². The van der Waals surface area contributed by atoms with E-state index in [4.69, 9.17) is 5.73 Å². The van der Waals surface area contributed by atoms with E-state index in [1.807, 2.05) is 0 Å². The van der Waals surface area contributed by atoms with Gasteiger partial charge in [0.15, 0.2) is 5.84 Å². The Hall–Kier alpha value is -1.91. The van der Waals surface area contributed by atoms with E-state index < -0.39 is 10.0 Å². The first-order chi connectivity index (χ1) is 12.4. The maximum Gasteiger partial charge on any atom is 0.257 e. The summed E-state index contributed by atoms with van der Waals surface area (Å²) in [6.45, 7) is 1.87. The number of allylic oxidation sites excluding steroid dienone is 2. The van der Waals surface area contributed by atoms with Crippen LogP contribution in [0.25, 0.3) is 0 Å². The summed E-state index contributed by atoms with van der Waals surface area (Å²) in [7, 11) is -3.56. The molecule has 11 heteroatoms. The Morgan fingerprint density at radius 2 is 2.11 bits per heavy atom. The van der Waals surface area contributed by atoms with Gasteiger partial charge in [0.1, 0.15) is 0 Å². The highest BCUT2D eigenvalue weighted by Gasteiger charge is 2.34.